The molecule has 0 atom stereocenters. The van der Waals surface area contributed by atoms with Gasteiger partial charge in [0.15, 0.2) is 5.58 Å². The summed E-state index contributed by atoms with van der Waals surface area (Å²) >= 11 is 0. The van der Waals surface area contributed by atoms with Gasteiger partial charge in [-0.15, -0.1) is 0 Å². The predicted octanol–water partition coefficient (Wildman–Crippen LogP) is 1.62. The maximum atomic E-state index is 11.3. The summed E-state index contributed by atoms with van der Waals surface area (Å²) in [4.78, 5) is 18.6. The number of benzene rings is 1. The largest absolute Gasteiger partial charge is 0.417 e. The van der Waals surface area contributed by atoms with Crippen LogP contribution in [0.25, 0.3) is 11.1 Å². The summed E-state index contributed by atoms with van der Waals surface area (Å²) in [6, 6.07) is 4.10. The summed E-state index contributed by atoms with van der Waals surface area (Å²) in [5.74, 6) is -0.444. The number of hydrogen-bond acceptors (Lipinski definition) is 5. The van der Waals surface area contributed by atoms with Crippen molar-refractivity contribution in [3.8, 4) is 0 Å². The van der Waals surface area contributed by atoms with Crippen LogP contribution in [0.5, 0.6) is 0 Å². The van der Waals surface area contributed by atoms with E-state index in [0.29, 0.717) is 22.8 Å². The zero-order valence-electron chi connectivity index (χ0n) is 12.6. The van der Waals surface area contributed by atoms with Gasteiger partial charge in [-0.05, 0) is 25.5 Å². The normalized spacial score (nSPS) is 17.4. The Kier molecular flexibility index (Phi) is 3.63. The molecule has 2 heterocycles. The molecule has 0 bridgehead atoms. The second-order valence-corrected chi connectivity index (χ2v) is 5.70. The molecule has 1 aliphatic rings. The molecule has 21 heavy (non-hydrogen) atoms. The quantitative estimate of drug-likeness (QED) is 0.840. The van der Waals surface area contributed by atoms with Crippen molar-refractivity contribution in [3.63, 3.8) is 0 Å². The zero-order valence-corrected chi connectivity index (χ0v) is 12.6. The second kappa shape index (κ2) is 5.44. The molecule has 1 saturated heterocycles. The first kappa shape index (κ1) is 14.0. The summed E-state index contributed by atoms with van der Waals surface area (Å²) in [5, 5.41) is 0. The zero-order chi connectivity index (χ0) is 15.0. The van der Waals surface area contributed by atoms with E-state index in [1.165, 1.54) is 0 Å². The Labute approximate surface area is 123 Å². The second-order valence-electron chi connectivity index (χ2n) is 5.70. The van der Waals surface area contributed by atoms with Crippen LogP contribution >= 0.6 is 0 Å². The van der Waals surface area contributed by atoms with E-state index < -0.39 is 5.76 Å². The van der Waals surface area contributed by atoms with Crippen molar-refractivity contribution in [3.05, 3.63) is 22.7 Å². The Hall–Kier alpha value is -1.95. The highest BCUT2D eigenvalue weighted by Gasteiger charge is 2.23. The van der Waals surface area contributed by atoms with Gasteiger partial charge in [0.2, 0.25) is 0 Å². The van der Waals surface area contributed by atoms with Crippen LogP contribution in [0.4, 0.5) is 11.4 Å². The SMILES string of the molecule is CCN1CCC(N(C)c2cc3[nH]c(=O)oc3cc2N)CC1. The number of anilines is 2. The van der Waals surface area contributed by atoms with Crippen molar-refractivity contribution < 1.29 is 4.42 Å². The molecular weight excluding hydrogens is 268 g/mol. The van der Waals surface area contributed by atoms with Crippen LogP contribution in [0.1, 0.15) is 19.8 Å². The van der Waals surface area contributed by atoms with Gasteiger partial charge < -0.3 is 20.0 Å². The first-order valence-corrected chi connectivity index (χ1v) is 7.46. The summed E-state index contributed by atoms with van der Waals surface area (Å²) in [5.41, 5.74) is 8.93. The lowest BCUT2D eigenvalue weighted by molar-refractivity contribution is 0.221. The van der Waals surface area contributed by atoms with E-state index in [9.17, 15) is 4.79 Å². The minimum Gasteiger partial charge on any atom is -0.408 e. The molecule has 3 N–H and O–H groups in total. The van der Waals surface area contributed by atoms with Gasteiger partial charge in [0.1, 0.15) is 0 Å². The highest BCUT2D eigenvalue weighted by atomic mass is 16.4. The number of nitrogens with zero attached hydrogens (tertiary/aromatic N) is 2. The van der Waals surface area contributed by atoms with Crippen molar-refractivity contribution in [2.24, 2.45) is 0 Å². The molecule has 0 saturated carbocycles. The fourth-order valence-electron chi connectivity index (χ4n) is 3.13. The molecule has 1 aliphatic heterocycles. The van der Waals surface area contributed by atoms with Crippen molar-refractivity contribution >= 4 is 22.5 Å². The van der Waals surface area contributed by atoms with E-state index in [-0.39, 0.29) is 0 Å². The average molecular weight is 290 g/mol. The number of aromatic nitrogens is 1. The molecule has 0 radical (unpaired) electrons. The van der Waals surface area contributed by atoms with Crippen molar-refractivity contribution in [1.29, 1.82) is 0 Å². The molecular formula is C15H22N4O2. The standard InChI is InChI=1S/C15H22N4O2/c1-3-19-6-4-10(5-7-19)18(2)13-9-12-14(8-11(13)16)21-15(20)17-12/h8-10H,3-7,16H2,1-2H3,(H,17,20). The summed E-state index contributed by atoms with van der Waals surface area (Å²) in [6.07, 6.45) is 2.26. The summed E-state index contributed by atoms with van der Waals surface area (Å²) in [6.45, 7) is 5.55. The van der Waals surface area contributed by atoms with Gasteiger partial charge in [-0.2, -0.15) is 0 Å². The third kappa shape index (κ3) is 2.63. The smallest absolute Gasteiger partial charge is 0.408 e. The van der Waals surface area contributed by atoms with Crippen LogP contribution in [0.15, 0.2) is 21.3 Å². The third-order valence-corrected chi connectivity index (χ3v) is 4.50. The number of rotatable bonds is 3. The van der Waals surface area contributed by atoms with E-state index in [0.717, 1.165) is 38.2 Å². The van der Waals surface area contributed by atoms with Crippen LogP contribution in [0, 0.1) is 0 Å². The number of H-pyrrole nitrogens is 1. The molecule has 1 aromatic carbocycles. The molecule has 6 heteroatoms. The van der Waals surface area contributed by atoms with Gasteiger partial charge >= 0.3 is 5.76 Å². The van der Waals surface area contributed by atoms with Crippen molar-refractivity contribution in [2.45, 2.75) is 25.8 Å². The van der Waals surface area contributed by atoms with Gasteiger partial charge in [0.25, 0.3) is 0 Å². The van der Waals surface area contributed by atoms with Crippen LogP contribution in [0.2, 0.25) is 0 Å². The number of fused-ring (bicyclic) bond motifs is 1. The predicted molar refractivity (Wildman–Crippen MR) is 84.8 cm³/mol. The fourth-order valence-corrected chi connectivity index (χ4v) is 3.13. The van der Waals surface area contributed by atoms with Gasteiger partial charge in [-0.1, -0.05) is 6.92 Å². The van der Waals surface area contributed by atoms with E-state index in [1.54, 1.807) is 6.07 Å². The number of nitrogen functional groups attached to an aromatic ring is 1. The van der Waals surface area contributed by atoms with Crippen molar-refractivity contribution in [2.75, 3.05) is 37.3 Å². The van der Waals surface area contributed by atoms with E-state index in [1.807, 2.05) is 6.07 Å². The lowest BCUT2D eigenvalue weighted by Crippen LogP contribution is -2.43. The number of nitrogens with two attached hydrogens (primary N) is 1. The highest BCUT2D eigenvalue weighted by Crippen LogP contribution is 2.30. The molecule has 0 amide bonds. The highest BCUT2D eigenvalue weighted by molar-refractivity contribution is 5.85. The number of hydrogen-bond donors (Lipinski definition) is 2. The number of piperidine rings is 1. The molecule has 2 aromatic rings. The van der Waals surface area contributed by atoms with Gasteiger partial charge in [0, 0.05) is 32.2 Å². The van der Waals surface area contributed by atoms with Crippen molar-refractivity contribution in [1.82, 2.24) is 9.88 Å². The fraction of sp³-hybridized carbons (Fsp3) is 0.533. The number of nitrogens with one attached hydrogen (secondary N) is 1. The molecule has 6 nitrogen and oxygen atoms in total. The first-order valence-electron chi connectivity index (χ1n) is 7.46. The Morgan fingerprint density at radius 1 is 1.43 bits per heavy atom. The summed E-state index contributed by atoms with van der Waals surface area (Å²) < 4.78 is 5.04. The van der Waals surface area contributed by atoms with E-state index in [4.69, 9.17) is 10.2 Å². The average Bonchev–Trinajstić information content (AvgIpc) is 2.85. The molecule has 0 unspecified atom stereocenters. The molecule has 0 aliphatic carbocycles. The Balaban J connectivity index is 1.85. The molecule has 114 valence electrons. The van der Waals surface area contributed by atoms with Crippen LogP contribution in [-0.2, 0) is 0 Å². The summed E-state index contributed by atoms with van der Waals surface area (Å²) in [7, 11) is 2.07. The van der Waals surface area contributed by atoms with Crippen LogP contribution in [0.3, 0.4) is 0 Å². The third-order valence-electron chi connectivity index (χ3n) is 4.50. The van der Waals surface area contributed by atoms with Crippen LogP contribution < -0.4 is 16.4 Å². The Morgan fingerprint density at radius 2 is 2.14 bits per heavy atom. The number of likely N-dealkylation sites (tertiary alicyclic amines) is 1. The van der Waals surface area contributed by atoms with E-state index >= 15 is 0 Å². The minimum absolute atomic E-state index is 0.444. The maximum absolute atomic E-state index is 11.3. The van der Waals surface area contributed by atoms with E-state index in [2.05, 4.69) is 28.8 Å². The molecule has 1 fully saturated rings. The monoisotopic (exact) mass is 290 g/mol. The van der Waals surface area contributed by atoms with Crippen LogP contribution in [-0.4, -0.2) is 42.6 Å². The Bertz CT molecular complexity index is 683. The lowest BCUT2D eigenvalue weighted by atomic mass is 10.0. The van der Waals surface area contributed by atoms with Gasteiger partial charge in [0.05, 0.1) is 16.9 Å². The number of oxazole rings is 1. The first-order chi connectivity index (χ1) is 10.1. The molecule has 3 rings (SSSR count). The van der Waals surface area contributed by atoms with Gasteiger partial charge in [-0.3, -0.25) is 4.98 Å². The molecule has 0 spiro atoms. The molecule has 1 aromatic heterocycles. The van der Waals surface area contributed by atoms with Gasteiger partial charge in [-0.25, -0.2) is 4.79 Å². The maximum Gasteiger partial charge on any atom is 0.417 e. The Morgan fingerprint density at radius 3 is 2.81 bits per heavy atom. The lowest BCUT2D eigenvalue weighted by Gasteiger charge is -2.37. The topological polar surface area (TPSA) is 78.5 Å². The number of aromatic amines is 1. The minimum atomic E-state index is -0.444.